The van der Waals surface area contributed by atoms with Crippen LogP contribution in [0.15, 0.2) is 53.8 Å². The van der Waals surface area contributed by atoms with Crippen molar-refractivity contribution >= 4 is 17.2 Å². The molecule has 0 amide bonds. The Kier molecular flexibility index (Phi) is 3.92. The third-order valence-corrected chi connectivity index (χ3v) is 3.81. The van der Waals surface area contributed by atoms with E-state index in [4.69, 9.17) is 4.74 Å². The number of benzene rings is 2. The summed E-state index contributed by atoms with van der Waals surface area (Å²) in [4.78, 5) is 9.13. The van der Waals surface area contributed by atoms with Gasteiger partial charge in [-0.3, -0.25) is 4.99 Å². The smallest absolute Gasteiger partial charge is 0.124 e. The zero-order valence-electron chi connectivity index (χ0n) is 13.0. The van der Waals surface area contributed by atoms with E-state index in [0.29, 0.717) is 0 Å². The van der Waals surface area contributed by atoms with Gasteiger partial charge in [-0.05, 0) is 19.1 Å². The summed E-state index contributed by atoms with van der Waals surface area (Å²) in [5.74, 6) is 0.864. The molecule has 4 heteroatoms. The van der Waals surface area contributed by atoms with E-state index in [1.807, 2.05) is 60.6 Å². The van der Waals surface area contributed by atoms with Gasteiger partial charge in [0.1, 0.15) is 5.75 Å². The van der Waals surface area contributed by atoms with Crippen molar-refractivity contribution in [3.8, 4) is 5.75 Å². The van der Waals surface area contributed by atoms with Gasteiger partial charge in [-0.25, -0.2) is 4.98 Å². The van der Waals surface area contributed by atoms with Crippen LogP contribution in [0.4, 0.5) is 0 Å². The minimum absolute atomic E-state index is 0.0233. The summed E-state index contributed by atoms with van der Waals surface area (Å²) in [6.07, 6.45) is 3.72. The highest BCUT2D eigenvalue weighted by Gasteiger charge is 2.09. The maximum Gasteiger partial charge on any atom is 0.124 e. The second kappa shape index (κ2) is 6.02. The lowest BCUT2D eigenvalue weighted by Gasteiger charge is -2.11. The molecule has 3 aromatic rings. The van der Waals surface area contributed by atoms with Gasteiger partial charge in [-0.2, -0.15) is 0 Å². The molecule has 1 heterocycles. The fraction of sp³-hybridized carbons (Fsp3) is 0.222. The van der Waals surface area contributed by atoms with Gasteiger partial charge in [0.05, 0.1) is 30.5 Å². The Labute approximate surface area is 130 Å². The summed E-state index contributed by atoms with van der Waals surface area (Å²) in [5.41, 5.74) is 4.18. The first-order valence-electron chi connectivity index (χ1n) is 7.27. The lowest BCUT2D eigenvalue weighted by Crippen LogP contribution is -1.96. The largest absolute Gasteiger partial charge is 0.496 e. The van der Waals surface area contributed by atoms with Crippen LogP contribution in [0, 0.1) is 0 Å². The van der Waals surface area contributed by atoms with Crippen molar-refractivity contribution in [2.45, 2.75) is 13.0 Å². The number of rotatable bonds is 4. The Morgan fingerprint density at radius 2 is 2.00 bits per heavy atom. The molecule has 0 saturated carbocycles. The van der Waals surface area contributed by atoms with E-state index in [1.54, 1.807) is 7.11 Å². The van der Waals surface area contributed by atoms with Crippen LogP contribution in [0.5, 0.6) is 5.75 Å². The average Bonchev–Trinajstić information content (AvgIpc) is 2.94. The highest BCUT2D eigenvalue weighted by atomic mass is 16.5. The van der Waals surface area contributed by atoms with E-state index in [-0.39, 0.29) is 6.04 Å². The highest BCUT2D eigenvalue weighted by molar-refractivity contribution is 5.96. The van der Waals surface area contributed by atoms with Crippen LogP contribution < -0.4 is 4.74 Å². The van der Waals surface area contributed by atoms with Crippen molar-refractivity contribution in [3.05, 3.63) is 59.9 Å². The van der Waals surface area contributed by atoms with Crippen LogP contribution in [0.3, 0.4) is 0 Å². The normalized spacial score (nSPS) is 12.9. The summed E-state index contributed by atoms with van der Waals surface area (Å²) in [6, 6.07) is 14.1. The summed E-state index contributed by atoms with van der Waals surface area (Å²) in [7, 11) is 3.68. The predicted octanol–water partition coefficient (Wildman–Crippen LogP) is 3.76. The monoisotopic (exact) mass is 293 g/mol. The Morgan fingerprint density at radius 1 is 1.18 bits per heavy atom. The second-order valence-electron chi connectivity index (χ2n) is 5.27. The number of ether oxygens (including phenoxy) is 1. The molecular formula is C18H19N3O. The SMILES string of the molecule is COc1ccccc1C(C)N=Cc1cccc2c1ncn2C. The first-order chi connectivity index (χ1) is 10.7. The van der Waals surface area contributed by atoms with E-state index in [0.717, 1.165) is 27.9 Å². The fourth-order valence-electron chi connectivity index (χ4n) is 2.57. The molecule has 1 unspecified atom stereocenters. The maximum absolute atomic E-state index is 5.40. The van der Waals surface area contributed by atoms with Gasteiger partial charge in [0.15, 0.2) is 0 Å². The van der Waals surface area contributed by atoms with E-state index in [9.17, 15) is 0 Å². The third-order valence-electron chi connectivity index (χ3n) is 3.81. The number of aliphatic imine (C=N–C) groups is 1. The molecule has 0 aliphatic heterocycles. The molecule has 0 aliphatic carbocycles. The molecule has 3 rings (SSSR count). The molecule has 0 fully saturated rings. The number of methoxy groups -OCH3 is 1. The number of nitrogens with zero attached hydrogens (tertiary/aromatic N) is 3. The average molecular weight is 293 g/mol. The maximum atomic E-state index is 5.40. The van der Waals surface area contributed by atoms with Crippen LogP contribution >= 0.6 is 0 Å². The van der Waals surface area contributed by atoms with Crippen molar-refractivity contribution in [2.75, 3.05) is 7.11 Å². The lowest BCUT2D eigenvalue weighted by atomic mass is 10.1. The summed E-state index contributed by atoms with van der Waals surface area (Å²) < 4.78 is 7.41. The van der Waals surface area contributed by atoms with Crippen LogP contribution in [0.1, 0.15) is 24.1 Å². The number of aromatic nitrogens is 2. The van der Waals surface area contributed by atoms with Crippen LogP contribution in [-0.4, -0.2) is 22.9 Å². The minimum Gasteiger partial charge on any atom is -0.496 e. The Bertz CT molecular complexity index is 820. The number of hydrogen-bond acceptors (Lipinski definition) is 3. The van der Waals surface area contributed by atoms with Crippen molar-refractivity contribution in [2.24, 2.45) is 12.0 Å². The molecule has 112 valence electrons. The van der Waals surface area contributed by atoms with E-state index >= 15 is 0 Å². The highest BCUT2D eigenvalue weighted by Crippen LogP contribution is 2.27. The van der Waals surface area contributed by atoms with Gasteiger partial charge in [0.2, 0.25) is 0 Å². The number of fused-ring (bicyclic) bond motifs is 1. The molecule has 0 radical (unpaired) electrons. The molecule has 0 aliphatic rings. The molecule has 1 atom stereocenters. The third kappa shape index (κ3) is 2.60. The number of aryl methyl sites for hydroxylation is 1. The quantitative estimate of drug-likeness (QED) is 0.687. The van der Waals surface area contributed by atoms with Crippen molar-refractivity contribution in [1.82, 2.24) is 9.55 Å². The molecule has 0 saturated heterocycles. The van der Waals surface area contributed by atoms with Crippen LogP contribution in [0.2, 0.25) is 0 Å². The van der Waals surface area contributed by atoms with Gasteiger partial charge >= 0.3 is 0 Å². The molecule has 1 aromatic heterocycles. The Balaban J connectivity index is 1.92. The topological polar surface area (TPSA) is 39.4 Å². The van der Waals surface area contributed by atoms with Gasteiger partial charge in [0, 0.05) is 24.4 Å². The first kappa shape index (κ1) is 14.3. The van der Waals surface area contributed by atoms with E-state index in [2.05, 4.69) is 23.0 Å². The minimum atomic E-state index is 0.0233. The second-order valence-corrected chi connectivity index (χ2v) is 5.27. The lowest BCUT2D eigenvalue weighted by molar-refractivity contribution is 0.407. The fourth-order valence-corrected chi connectivity index (χ4v) is 2.57. The molecule has 4 nitrogen and oxygen atoms in total. The van der Waals surface area contributed by atoms with Crippen LogP contribution in [0.25, 0.3) is 11.0 Å². The molecule has 0 N–H and O–H groups in total. The zero-order chi connectivity index (χ0) is 15.5. The van der Waals surface area contributed by atoms with Crippen molar-refractivity contribution in [1.29, 1.82) is 0 Å². The molecule has 0 spiro atoms. The molecule has 22 heavy (non-hydrogen) atoms. The standard InChI is InChI=1S/C18H19N3O/c1-13(15-8-4-5-10-17(15)22-3)19-11-14-7-6-9-16-18(14)20-12-21(16)2/h4-13H,1-3H3. The zero-order valence-corrected chi connectivity index (χ0v) is 13.0. The predicted molar refractivity (Wildman–Crippen MR) is 89.7 cm³/mol. The molecular weight excluding hydrogens is 274 g/mol. The summed E-state index contributed by atoms with van der Waals surface area (Å²) in [5, 5.41) is 0. The van der Waals surface area contributed by atoms with E-state index < -0.39 is 0 Å². The number of imidazole rings is 1. The Morgan fingerprint density at radius 3 is 2.82 bits per heavy atom. The Hall–Kier alpha value is -2.62. The van der Waals surface area contributed by atoms with Crippen LogP contribution in [-0.2, 0) is 7.05 Å². The first-order valence-corrected chi connectivity index (χ1v) is 7.27. The van der Waals surface area contributed by atoms with E-state index in [1.165, 1.54) is 0 Å². The van der Waals surface area contributed by atoms with Crippen molar-refractivity contribution in [3.63, 3.8) is 0 Å². The van der Waals surface area contributed by atoms with Gasteiger partial charge in [-0.1, -0.05) is 30.3 Å². The number of para-hydroxylation sites is 2. The molecule has 0 bridgehead atoms. The summed E-state index contributed by atoms with van der Waals surface area (Å²) >= 11 is 0. The van der Waals surface area contributed by atoms with Gasteiger partial charge in [0.25, 0.3) is 0 Å². The number of hydrogen-bond donors (Lipinski definition) is 0. The van der Waals surface area contributed by atoms with Gasteiger partial charge in [-0.15, -0.1) is 0 Å². The summed E-state index contributed by atoms with van der Waals surface area (Å²) in [6.45, 7) is 2.06. The molecule has 2 aromatic carbocycles. The van der Waals surface area contributed by atoms with Gasteiger partial charge < -0.3 is 9.30 Å². The van der Waals surface area contributed by atoms with Crippen molar-refractivity contribution < 1.29 is 4.74 Å².